The Balaban J connectivity index is 0.000000259. The number of halogens is 4. The first kappa shape index (κ1) is 36.6. The zero-order chi connectivity index (χ0) is 29.2. The van der Waals surface area contributed by atoms with Gasteiger partial charge in [-0.3, -0.25) is 0 Å². The van der Waals surface area contributed by atoms with Crippen molar-refractivity contribution in [1.82, 2.24) is 19.9 Å². The molecule has 0 atom stereocenters. The SMILES string of the molecule is C=CCCc1ncnc2scc(-c3ccc(F)cc3)c12.C=CC[CH2-].Fc1ccc(-c2csc3ncnc(Cl)c23)cc1.[Br-].[Mg+2]. The second kappa shape index (κ2) is 18.3. The van der Waals surface area contributed by atoms with Crippen molar-refractivity contribution in [3.05, 3.63) is 127 Å². The van der Waals surface area contributed by atoms with Crippen LogP contribution in [0.5, 0.6) is 0 Å². The summed E-state index contributed by atoms with van der Waals surface area (Å²) in [5.41, 5.74) is 4.94. The Morgan fingerprint density at radius 3 is 1.70 bits per heavy atom. The number of hydrogen-bond acceptors (Lipinski definition) is 6. The zero-order valence-electron chi connectivity index (χ0n) is 23.1. The molecular formula is C32H26BrClF2MgN4S2. The van der Waals surface area contributed by atoms with E-state index in [0.717, 1.165) is 67.6 Å². The maximum absolute atomic E-state index is 13.1. The van der Waals surface area contributed by atoms with Crippen LogP contribution >= 0.6 is 34.3 Å². The number of hydrogen-bond donors (Lipinski definition) is 0. The van der Waals surface area contributed by atoms with Crippen LogP contribution in [0.3, 0.4) is 0 Å². The van der Waals surface area contributed by atoms with Crippen LogP contribution in [-0.2, 0) is 6.42 Å². The molecule has 216 valence electrons. The molecule has 11 heteroatoms. The predicted octanol–water partition coefficient (Wildman–Crippen LogP) is 6.79. The molecule has 43 heavy (non-hydrogen) atoms. The van der Waals surface area contributed by atoms with E-state index >= 15 is 0 Å². The summed E-state index contributed by atoms with van der Waals surface area (Å²) >= 11 is 9.15. The largest absolute Gasteiger partial charge is 2.00 e. The maximum atomic E-state index is 13.1. The fourth-order valence-electron chi connectivity index (χ4n) is 3.89. The van der Waals surface area contributed by atoms with Gasteiger partial charge in [0.25, 0.3) is 0 Å². The van der Waals surface area contributed by atoms with Crippen molar-refractivity contribution in [1.29, 1.82) is 0 Å². The Morgan fingerprint density at radius 1 is 0.744 bits per heavy atom. The summed E-state index contributed by atoms with van der Waals surface area (Å²) < 4.78 is 25.9. The smallest absolute Gasteiger partial charge is 1.00 e. The van der Waals surface area contributed by atoms with E-state index in [1.807, 2.05) is 11.5 Å². The normalized spacial score (nSPS) is 9.95. The van der Waals surface area contributed by atoms with Gasteiger partial charge in [-0.25, -0.2) is 28.7 Å². The average molecular weight is 708 g/mol. The third-order valence-corrected chi connectivity index (χ3v) is 7.93. The van der Waals surface area contributed by atoms with Gasteiger partial charge in [0.05, 0.1) is 11.1 Å². The molecule has 0 bridgehead atoms. The van der Waals surface area contributed by atoms with Gasteiger partial charge in [-0.15, -0.1) is 41.9 Å². The number of benzene rings is 2. The minimum Gasteiger partial charge on any atom is -1.00 e. The maximum Gasteiger partial charge on any atom is 2.00 e. The molecule has 0 spiro atoms. The molecule has 0 aliphatic rings. The van der Waals surface area contributed by atoms with Gasteiger partial charge in [0, 0.05) is 27.3 Å². The molecule has 0 aliphatic heterocycles. The minimum absolute atomic E-state index is 0. The van der Waals surface area contributed by atoms with Gasteiger partial charge in [0.2, 0.25) is 0 Å². The van der Waals surface area contributed by atoms with Gasteiger partial charge in [-0.05, 0) is 48.2 Å². The molecule has 0 saturated carbocycles. The van der Waals surface area contributed by atoms with Crippen molar-refractivity contribution in [3.8, 4) is 22.3 Å². The molecular weight excluding hydrogens is 682 g/mol. The summed E-state index contributed by atoms with van der Waals surface area (Å²) in [6.45, 7) is 10.7. The number of rotatable bonds is 6. The zero-order valence-corrected chi connectivity index (χ0v) is 28.5. The number of thiophene rings is 2. The first-order valence-corrected chi connectivity index (χ1v) is 14.7. The van der Waals surface area contributed by atoms with Gasteiger partial charge < -0.3 is 23.9 Å². The van der Waals surface area contributed by atoms with Crippen LogP contribution in [0.2, 0.25) is 5.15 Å². The first-order chi connectivity index (χ1) is 20.0. The van der Waals surface area contributed by atoms with E-state index in [4.69, 9.17) is 11.6 Å². The predicted molar refractivity (Wildman–Crippen MR) is 175 cm³/mol. The van der Waals surface area contributed by atoms with Gasteiger partial charge >= 0.3 is 23.1 Å². The molecule has 0 fully saturated rings. The van der Waals surface area contributed by atoms with E-state index < -0.39 is 0 Å². The monoisotopic (exact) mass is 706 g/mol. The summed E-state index contributed by atoms with van der Waals surface area (Å²) in [6, 6.07) is 12.8. The Bertz CT molecular complexity index is 1760. The van der Waals surface area contributed by atoms with Gasteiger partial charge in [0.1, 0.15) is 39.1 Å². The molecule has 4 nitrogen and oxygen atoms in total. The number of aromatic nitrogens is 4. The molecule has 0 amide bonds. The van der Waals surface area contributed by atoms with E-state index in [1.54, 1.807) is 48.0 Å². The molecule has 6 aromatic rings. The van der Waals surface area contributed by atoms with Gasteiger partial charge in [0.15, 0.2) is 0 Å². The van der Waals surface area contributed by atoms with Crippen molar-refractivity contribution in [2.24, 2.45) is 0 Å². The third-order valence-electron chi connectivity index (χ3n) is 5.87. The molecule has 4 heterocycles. The summed E-state index contributed by atoms with van der Waals surface area (Å²) in [6.07, 6.45) is 9.25. The van der Waals surface area contributed by atoms with E-state index in [1.165, 1.54) is 41.9 Å². The number of aryl methyl sites for hydroxylation is 1. The molecule has 2 aromatic carbocycles. The van der Waals surface area contributed by atoms with Crippen LogP contribution in [0.4, 0.5) is 8.78 Å². The Hall–Kier alpha value is -2.60. The van der Waals surface area contributed by atoms with Crippen LogP contribution in [-0.4, -0.2) is 43.0 Å². The van der Waals surface area contributed by atoms with Crippen molar-refractivity contribution in [3.63, 3.8) is 0 Å². The van der Waals surface area contributed by atoms with E-state index in [0.29, 0.717) is 5.15 Å². The fraction of sp³-hybridized carbons (Fsp3) is 0.0938. The van der Waals surface area contributed by atoms with Crippen LogP contribution in [0.1, 0.15) is 18.5 Å². The molecule has 0 unspecified atom stereocenters. The van der Waals surface area contributed by atoms with Gasteiger partial charge in [-0.2, -0.15) is 6.42 Å². The Kier molecular flexibility index (Phi) is 15.5. The molecule has 6 rings (SSSR count). The quantitative estimate of drug-likeness (QED) is 0.0829. The van der Waals surface area contributed by atoms with Crippen molar-refractivity contribution in [2.75, 3.05) is 0 Å². The van der Waals surface area contributed by atoms with Crippen LogP contribution in [0.25, 0.3) is 42.7 Å². The molecule has 0 saturated heterocycles. The average Bonchev–Trinajstić information content (AvgIpc) is 3.63. The topological polar surface area (TPSA) is 51.6 Å². The number of fused-ring (bicyclic) bond motifs is 2. The Morgan fingerprint density at radius 2 is 1.21 bits per heavy atom. The molecule has 0 radical (unpaired) electrons. The minimum atomic E-state index is -0.254. The molecule has 4 aromatic heterocycles. The summed E-state index contributed by atoms with van der Waals surface area (Å²) in [5, 5.41) is 6.34. The van der Waals surface area contributed by atoms with Crippen LogP contribution in [0.15, 0.2) is 97.3 Å². The molecule has 0 N–H and O–H groups in total. The standard InChI is InChI=1S/C16H13FN2S.C12H6ClFN2S.C4H7.BrH.Mg/c1-2-3-4-14-15-13(9-20-16(15)19-10-18-14)11-5-7-12(17)8-6-11;13-11-10-9(5-17-12(10)16-6-15-11)7-1-3-8(14)4-2-7;1-3-4-2;;/h2,5-10H,1,3-4H2;1-6H;3H,1-2,4H2;1H;/q;;-1;;+2/p-1. The van der Waals surface area contributed by atoms with Crippen molar-refractivity contribution >= 4 is 77.8 Å². The van der Waals surface area contributed by atoms with Gasteiger partial charge in [-0.1, -0.05) is 41.9 Å². The van der Waals surface area contributed by atoms with E-state index in [9.17, 15) is 8.78 Å². The fourth-order valence-corrected chi connectivity index (χ4v) is 6.03. The second-order valence-electron chi connectivity index (χ2n) is 8.56. The van der Waals surface area contributed by atoms with Crippen LogP contribution < -0.4 is 17.0 Å². The summed E-state index contributed by atoms with van der Waals surface area (Å²) in [5.74, 6) is -0.480. The number of nitrogens with zero attached hydrogens (tertiary/aromatic N) is 4. The van der Waals surface area contributed by atoms with Crippen molar-refractivity contribution in [2.45, 2.75) is 19.3 Å². The first-order valence-electron chi connectivity index (χ1n) is 12.6. The van der Waals surface area contributed by atoms with E-state index in [2.05, 4.69) is 45.4 Å². The summed E-state index contributed by atoms with van der Waals surface area (Å²) in [7, 11) is 0. The van der Waals surface area contributed by atoms with E-state index in [-0.39, 0.29) is 51.7 Å². The Labute approximate surface area is 289 Å². The van der Waals surface area contributed by atoms with Crippen molar-refractivity contribution < 1.29 is 25.8 Å². The third kappa shape index (κ3) is 9.44. The molecule has 0 aliphatic carbocycles. The summed E-state index contributed by atoms with van der Waals surface area (Å²) in [4.78, 5) is 18.6. The van der Waals surface area contributed by atoms with Crippen LogP contribution in [0, 0.1) is 18.6 Å². The second-order valence-corrected chi connectivity index (χ2v) is 10.6. The number of allylic oxidation sites excluding steroid dienone is 2.